The monoisotopic (exact) mass is 287 g/mol. The summed E-state index contributed by atoms with van der Waals surface area (Å²) in [5.41, 5.74) is 0.617. The van der Waals surface area contributed by atoms with E-state index in [0.717, 1.165) is 50.5 Å². The third-order valence-electron chi connectivity index (χ3n) is 4.22. The largest absolute Gasteiger partial charge is 0.472 e. The fourth-order valence-corrected chi connectivity index (χ4v) is 2.86. The zero-order valence-electron chi connectivity index (χ0n) is 11.7. The Labute approximate surface area is 122 Å². The van der Waals surface area contributed by atoms with Crippen molar-refractivity contribution in [1.82, 2.24) is 15.0 Å². The molecule has 0 N–H and O–H groups in total. The van der Waals surface area contributed by atoms with Crippen LogP contribution in [0.1, 0.15) is 47.3 Å². The van der Waals surface area contributed by atoms with Gasteiger partial charge in [-0.3, -0.25) is 4.79 Å². The van der Waals surface area contributed by atoms with Crippen molar-refractivity contribution in [3.05, 3.63) is 35.9 Å². The van der Waals surface area contributed by atoms with Crippen molar-refractivity contribution in [2.45, 2.75) is 31.6 Å². The Balaban J connectivity index is 1.36. The Morgan fingerprint density at radius 1 is 1.38 bits per heavy atom. The van der Waals surface area contributed by atoms with Gasteiger partial charge in [-0.1, -0.05) is 5.16 Å². The van der Waals surface area contributed by atoms with Gasteiger partial charge in [0.25, 0.3) is 5.91 Å². The molecule has 21 heavy (non-hydrogen) atoms. The van der Waals surface area contributed by atoms with Crippen molar-refractivity contribution in [3.63, 3.8) is 0 Å². The lowest BCUT2D eigenvalue weighted by Gasteiger charge is -2.14. The minimum absolute atomic E-state index is 0.0398. The highest BCUT2D eigenvalue weighted by Gasteiger charge is 2.31. The summed E-state index contributed by atoms with van der Waals surface area (Å²) >= 11 is 0. The standard InChI is InChI=1S/C15H17N3O3/c19-15(12-4-6-20-9-12)18-5-3-10(8-18)7-13-16-14(21-17-13)11-1-2-11/h4,6,9-11H,1-3,5,7-8H2. The fraction of sp³-hybridized carbons (Fsp3) is 0.533. The normalized spacial score (nSPS) is 21.9. The minimum Gasteiger partial charge on any atom is -0.472 e. The van der Waals surface area contributed by atoms with Crippen molar-refractivity contribution in [2.75, 3.05) is 13.1 Å². The molecular weight excluding hydrogens is 270 g/mol. The number of hydrogen-bond donors (Lipinski definition) is 0. The summed E-state index contributed by atoms with van der Waals surface area (Å²) in [6.45, 7) is 1.53. The number of nitrogens with zero attached hydrogens (tertiary/aromatic N) is 3. The third kappa shape index (κ3) is 2.57. The molecule has 1 saturated carbocycles. The van der Waals surface area contributed by atoms with E-state index in [2.05, 4.69) is 10.1 Å². The number of furan rings is 1. The van der Waals surface area contributed by atoms with Gasteiger partial charge in [0.1, 0.15) is 6.26 Å². The fourth-order valence-electron chi connectivity index (χ4n) is 2.86. The van der Waals surface area contributed by atoms with Gasteiger partial charge in [-0.15, -0.1) is 0 Å². The third-order valence-corrected chi connectivity index (χ3v) is 4.22. The van der Waals surface area contributed by atoms with Crippen molar-refractivity contribution in [2.24, 2.45) is 5.92 Å². The van der Waals surface area contributed by atoms with Gasteiger partial charge in [0.2, 0.25) is 5.89 Å². The van der Waals surface area contributed by atoms with E-state index in [0.29, 0.717) is 17.4 Å². The van der Waals surface area contributed by atoms with Crippen LogP contribution in [0.3, 0.4) is 0 Å². The molecule has 0 aromatic carbocycles. The summed E-state index contributed by atoms with van der Waals surface area (Å²) in [5, 5.41) is 4.06. The summed E-state index contributed by atoms with van der Waals surface area (Å²) in [4.78, 5) is 18.6. The Morgan fingerprint density at radius 2 is 2.29 bits per heavy atom. The van der Waals surface area contributed by atoms with Gasteiger partial charge in [-0.25, -0.2) is 0 Å². The first-order chi connectivity index (χ1) is 10.3. The average Bonchev–Trinajstić information content (AvgIpc) is 2.96. The van der Waals surface area contributed by atoms with E-state index in [4.69, 9.17) is 8.94 Å². The molecule has 3 heterocycles. The summed E-state index contributed by atoms with van der Waals surface area (Å²) in [6, 6.07) is 1.71. The van der Waals surface area contributed by atoms with Gasteiger partial charge < -0.3 is 13.8 Å². The van der Waals surface area contributed by atoms with Crippen molar-refractivity contribution < 1.29 is 13.7 Å². The lowest BCUT2D eigenvalue weighted by atomic mass is 10.1. The average molecular weight is 287 g/mol. The summed E-state index contributed by atoms with van der Waals surface area (Å²) < 4.78 is 10.2. The molecule has 6 nitrogen and oxygen atoms in total. The maximum absolute atomic E-state index is 12.2. The molecule has 0 spiro atoms. The van der Waals surface area contributed by atoms with Gasteiger partial charge in [0.15, 0.2) is 5.82 Å². The molecule has 110 valence electrons. The predicted octanol–water partition coefficient (Wildman–Crippen LogP) is 2.24. The first-order valence-electron chi connectivity index (χ1n) is 7.43. The van der Waals surface area contributed by atoms with Crippen LogP contribution in [-0.4, -0.2) is 34.0 Å². The summed E-state index contributed by atoms with van der Waals surface area (Å²) in [7, 11) is 0. The van der Waals surface area contributed by atoms with Crippen LogP contribution in [0.2, 0.25) is 0 Å². The number of rotatable bonds is 4. The Morgan fingerprint density at radius 3 is 3.05 bits per heavy atom. The molecule has 2 aromatic heterocycles. The van der Waals surface area contributed by atoms with E-state index in [1.165, 1.54) is 12.5 Å². The zero-order valence-corrected chi connectivity index (χ0v) is 11.7. The molecule has 1 saturated heterocycles. The first kappa shape index (κ1) is 12.6. The number of aromatic nitrogens is 2. The molecule has 1 aliphatic carbocycles. The number of amides is 1. The first-order valence-corrected chi connectivity index (χ1v) is 7.43. The van der Waals surface area contributed by atoms with Crippen LogP contribution in [0.4, 0.5) is 0 Å². The van der Waals surface area contributed by atoms with Crippen LogP contribution in [0, 0.1) is 5.92 Å². The molecule has 2 aromatic rings. The number of hydrogen-bond acceptors (Lipinski definition) is 5. The van der Waals surface area contributed by atoms with Gasteiger partial charge in [-0.2, -0.15) is 4.98 Å². The van der Waals surface area contributed by atoms with Gasteiger partial charge in [0, 0.05) is 25.4 Å². The molecule has 2 aliphatic rings. The maximum Gasteiger partial charge on any atom is 0.257 e. The molecule has 1 amide bonds. The second kappa shape index (κ2) is 5.02. The molecule has 0 bridgehead atoms. The van der Waals surface area contributed by atoms with Crippen LogP contribution in [-0.2, 0) is 6.42 Å². The number of carbonyl (C=O) groups is 1. The molecule has 1 aliphatic heterocycles. The number of carbonyl (C=O) groups excluding carboxylic acids is 1. The van der Waals surface area contributed by atoms with Crippen LogP contribution >= 0.6 is 0 Å². The van der Waals surface area contributed by atoms with E-state index in [9.17, 15) is 4.79 Å². The Kier molecular flexibility index (Phi) is 3.02. The summed E-state index contributed by atoms with van der Waals surface area (Å²) in [6.07, 6.45) is 7.12. The van der Waals surface area contributed by atoms with Gasteiger partial charge in [-0.05, 0) is 31.2 Å². The van der Waals surface area contributed by atoms with E-state index < -0.39 is 0 Å². The van der Waals surface area contributed by atoms with E-state index >= 15 is 0 Å². The van der Waals surface area contributed by atoms with Gasteiger partial charge in [0.05, 0.1) is 11.8 Å². The smallest absolute Gasteiger partial charge is 0.257 e. The molecular formula is C15H17N3O3. The maximum atomic E-state index is 12.2. The lowest BCUT2D eigenvalue weighted by molar-refractivity contribution is 0.0786. The van der Waals surface area contributed by atoms with Crippen molar-refractivity contribution in [3.8, 4) is 0 Å². The van der Waals surface area contributed by atoms with Crippen LogP contribution in [0.15, 0.2) is 27.5 Å². The second-order valence-corrected chi connectivity index (χ2v) is 5.95. The highest BCUT2D eigenvalue weighted by molar-refractivity contribution is 5.93. The summed E-state index contributed by atoms with van der Waals surface area (Å²) in [5.74, 6) is 2.51. The molecule has 0 radical (unpaired) electrons. The second-order valence-electron chi connectivity index (χ2n) is 5.95. The molecule has 1 atom stereocenters. The van der Waals surface area contributed by atoms with E-state index in [1.807, 2.05) is 4.90 Å². The topological polar surface area (TPSA) is 72.4 Å². The molecule has 6 heteroatoms. The van der Waals surface area contributed by atoms with E-state index in [1.54, 1.807) is 6.07 Å². The van der Waals surface area contributed by atoms with Crippen molar-refractivity contribution in [1.29, 1.82) is 0 Å². The van der Waals surface area contributed by atoms with Crippen LogP contribution in [0.25, 0.3) is 0 Å². The van der Waals surface area contributed by atoms with E-state index in [-0.39, 0.29) is 5.91 Å². The Bertz CT molecular complexity index is 630. The highest BCUT2D eigenvalue weighted by atomic mass is 16.5. The molecule has 4 rings (SSSR count). The van der Waals surface area contributed by atoms with Crippen molar-refractivity contribution >= 4 is 5.91 Å². The SMILES string of the molecule is O=C(c1ccoc1)N1CCC(Cc2noc(C3CC3)n2)C1. The number of likely N-dealkylation sites (tertiary alicyclic amines) is 1. The predicted molar refractivity (Wildman–Crippen MR) is 72.7 cm³/mol. The lowest BCUT2D eigenvalue weighted by Crippen LogP contribution is -2.28. The van der Waals surface area contributed by atoms with Crippen LogP contribution in [0.5, 0.6) is 0 Å². The van der Waals surface area contributed by atoms with Crippen LogP contribution < -0.4 is 0 Å². The zero-order chi connectivity index (χ0) is 14.2. The molecule has 2 fully saturated rings. The minimum atomic E-state index is 0.0398. The van der Waals surface area contributed by atoms with Gasteiger partial charge >= 0.3 is 0 Å². The quantitative estimate of drug-likeness (QED) is 0.862. The Hall–Kier alpha value is -2.11. The molecule has 1 unspecified atom stereocenters. The highest BCUT2D eigenvalue weighted by Crippen LogP contribution is 2.39.